The van der Waals surface area contributed by atoms with Crippen molar-refractivity contribution in [1.29, 1.82) is 0 Å². The average molecular weight is 215 g/mol. The Balaban J connectivity index is 3.03. The summed E-state index contributed by atoms with van der Waals surface area (Å²) in [6.45, 7) is 8.28. The minimum Gasteiger partial charge on any atom is -0.405 e. The van der Waals surface area contributed by atoms with Gasteiger partial charge in [0.05, 0.1) is 5.56 Å². The molecule has 5 heteroatoms. The van der Waals surface area contributed by atoms with Crippen LogP contribution >= 0.6 is 0 Å². The van der Waals surface area contributed by atoms with Crippen LogP contribution < -0.4 is 4.74 Å². The van der Waals surface area contributed by atoms with Gasteiger partial charge in [-0.2, -0.15) is 0 Å². The van der Waals surface area contributed by atoms with E-state index in [1.54, 1.807) is 6.07 Å². The van der Waals surface area contributed by atoms with Gasteiger partial charge < -0.3 is 9.58 Å². The fraction of sp³-hybridized carbons (Fsp3) is 0.300. The van der Waals surface area contributed by atoms with Crippen molar-refractivity contribution in [3.05, 3.63) is 41.2 Å². The van der Waals surface area contributed by atoms with E-state index in [2.05, 4.69) is 9.58 Å². The normalized spacial score (nSPS) is 13.0. The fourth-order valence-electron chi connectivity index (χ4n) is 1.11. The van der Waals surface area contributed by atoms with Crippen molar-refractivity contribution >= 4 is 0 Å². The third kappa shape index (κ3) is 3.17. The molecule has 0 saturated heterocycles. The van der Waals surface area contributed by atoms with Gasteiger partial charge in [0.1, 0.15) is 5.75 Å². The molecule has 1 aromatic carbocycles. The Kier molecular flexibility index (Phi) is 3.20. The third-order valence-corrected chi connectivity index (χ3v) is 1.79. The second-order valence-electron chi connectivity index (χ2n) is 2.89. The van der Waals surface area contributed by atoms with E-state index >= 15 is 0 Å². The van der Waals surface area contributed by atoms with Crippen LogP contribution in [0, 0.1) is 6.57 Å². The first-order valence-electron chi connectivity index (χ1n) is 4.15. The summed E-state index contributed by atoms with van der Waals surface area (Å²) < 4.78 is 39.8. The van der Waals surface area contributed by atoms with E-state index in [1.807, 2.05) is 0 Å². The lowest BCUT2D eigenvalue weighted by Gasteiger charge is -2.12. The molecule has 0 bridgehead atoms. The molecule has 0 aliphatic rings. The Morgan fingerprint density at radius 1 is 1.33 bits per heavy atom. The van der Waals surface area contributed by atoms with E-state index in [0.29, 0.717) is 0 Å². The number of hydrogen-bond donors (Lipinski definition) is 0. The Hall–Kier alpha value is -1.70. The summed E-state index contributed by atoms with van der Waals surface area (Å²) in [6.07, 6.45) is -4.72. The number of rotatable bonds is 2. The molecule has 0 aliphatic carbocycles. The third-order valence-electron chi connectivity index (χ3n) is 1.79. The first kappa shape index (κ1) is 11.4. The van der Waals surface area contributed by atoms with Crippen LogP contribution in [0.3, 0.4) is 0 Å². The smallest absolute Gasteiger partial charge is 0.405 e. The van der Waals surface area contributed by atoms with Gasteiger partial charge in [0.25, 0.3) is 0 Å². The van der Waals surface area contributed by atoms with E-state index in [-0.39, 0.29) is 11.3 Å². The molecule has 0 amide bonds. The van der Waals surface area contributed by atoms with Crippen molar-refractivity contribution in [2.45, 2.75) is 19.3 Å². The molecule has 0 aromatic heterocycles. The highest BCUT2D eigenvalue weighted by molar-refractivity contribution is 5.37. The molecule has 1 rings (SSSR count). The maximum absolute atomic E-state index is 12.0. The Bertz CT molecular complexity index is 381. The van der Waals surface area contributed by atoms with E-state index in [4.69, 9.17) is 6.57 Å². The molecule has 80 valence electrons. The summed E-state index contributed by atoms with van der Waals surface area (Å²) in [5.74, 6) is -0.312. The summed E-state index contributed by atoms with van der Waals surface area (Å²) in [5.41, 5.74) is 0.241. The first-order chi connectivity index (χ1) is 6.94. The molecule has 1 unspecified atom stereocenters. The topological polar surface area (TPSA) is 13.6 Å². The zero-order chi connectivity index (χ0) is 11.5. The Morgan fingerprint density at radius 3 is 2.47 bits per heavy atom. The SMILES string of the molecule is [C-]#[N+]C(C)c1ccccc1OC(F)(F)F. The molecular formula is C10H8F3NO. The highest BCUT2D eigenvalue weighted by atomic mass is 19.4. The van der Waals surface area contributed by atoms with Gasteiger partial charge in [0.2, 0.25) is 6.04 Å². The lowest BCUT2D eigenvalue weighted by atomic mass is 10.1. The van der Waals surface area contributed by atoms with Gasteiger partial charge in [-0.15, -0.1) is 13.2 Å². The van der Waals surface area contributed by atoms with Gasteiger partial charge in [-0.3, -0.25) is 0 Å². The van der Waals surface area contributed by atoms with Crippen molar-refractivity contribution in [3.63, 3.8) is 0 Å². The highest BCUT2D eigenvalue weighted by Gasteiger charge is 2.33. The minimum atomic E-state index is -4.72. The molecule has 1 aromatic rings. The Morgan fingerprint density at radius 2 is 1.93 bits per heavy atom. The predicted octanol–water partition coefficient (Wildman–Crippen LogP) is 3.57. The number of ether oxygens (including phenoxy) is 1. The molecular weight excluding hydrogens is 207 g/mol. The molecule has 0 aliphatic heterocycles. The van der Waals surface area contributed by atoms with Gasteiger partial charge in [-0.05, 0) is 12.1 Å². The molecule has 1 atom stereocenters. The Labute approximate surface area is 85.1 Å². The molecule has 0 heterocycles. The summed E-state index contributed by atoms with van der Waals surface area (Å²) >= 11 is 0. The van der Waals surface area contributed by atoms with Crippen LogP contribution in [0.15, 0.2) is 24.3 Å². The van der Waals surface area contributed by atoms with Crippen LogP contribution in [0.25, 0.3) is 4.85 Å². The molecule has 0 saturated carbocycles. The molecule has 0 fully saturated rings. The molecule has 0 N–H and O–H groups in total. The summed E-state index contributed by atoms with van der Waals surface area (Å²) in [6, 6.07) is 5.00. The summed E-state index contributed by atoms with van der Waals surface area (Å²) in [5, 5.41) is 0. The number of benzene rings is 1. The quantitative estimate of drug-likeness (QED) is 0.687. The number of halogens is 3. The molecule has 0 spiro atoms. The van der Waals surface area contributed by atoms with E-state index in [1.165, 1.54) is 25.1 Å². The lowest BCUT2D eigenvalue weighted by Crippen LogP contribution is -2.18. The molecule has 2 nitrogen and oxygen atoms in total. The van der Waals surface area contributed by atoms with Crippen molar-refractivity contribution in [1.82, 2.24) is 0 Å². The van der Waals surface area contributed by atoms with Gasteiger partial charge in [0.15, 0.2) is 0 Å². The average Bonchev–Trinajstić information content (AvgIpc) is 2.15. The maximum Gasteiger partial charge on any atom is 0.573 e. The second kappa shape index (κ2) is 4.22. The van der Waals surface area contributed by atoms with Crippen molar-refractivity contribution in [3.8, 4) is 5.75 Å². The summed E-state index contributed by atoms with van der Waals surface area (Å²) in [7, 11) is 0. The standard InChI is InChI=1S/C10H8F3NO/c1-7(14-2)8-5-3-4-6-9(8)15-10(11,12)13/h3-7H,1H3. The van der Waals surface area contributed by atoms with E-state index < -0.39 is 12.4 Å². The number of para-hydroxylation sites is 1. The van der Waals surface area contributed by atoms with Crippen molar-refractivity contribution < 1.29 is 17.9 Å². The van der Waals surface area contributed by atoms with Gasteiger partial charge in [0, 0.05) is 6.92 Å². The predicted molar refractivity (Wildman–Crippen MR) is 48.1 cm³/mol. The summed E-state index contributed by atoms with van der Waals surface area (Å²) in [4.78, 5) is 3.15. The highest BCUT2D eigenvalue weighted by Crippen LogP contribution is 2.31. The first-order valence-corrected chi connectivity index (χ1v) is 4.15. The zero-order valence-electron chi connectivity index (χ0n) is 7.88. The van der Waals surface area contributed by atoms with Crippen LogP contribution in [0.5, 0.6) is 5.75 Å². The van der Waals surface area contributed by atoms with Crippen LogP contribution in [0.4, 0.5) is 13.2 Å². The fourth-order valence-corrected chi connectivity index (χ4v) is 1.11. The minimum absolute atomic E-state index is 0.241. The van der Waals surface area contributed by atoms with E-state index in [0.717, 1.165) is 0 Å². The number of hydrogen-bond acceptors (Lipinski definition) is 1. The largest absolute Gasteiger partial charge is 0.573 e. The number of nitrogens with zero attached hydrogens (tertiary/aromatic N) is 1. The van der Waals surface area contributed by atoms with Crippen molar-refractivity contribution in [2.75, 3.05) is 0 Å². The van der Waals surface area contributed by atoms with E-state index in [9.17, 15) is 13.2 Å². The lowest BCUT2D eigenvalue weighted by molar-refractivity contribution is -0.274. The van der Waals surface area contributed by atoms with Gasteiger partial charge >= 0.3 is 6.36 Å². The van der Waals surface area contributed by atoms with Crippen LogP contribution in [0.1, 0.15) is 18.5 Å². The van der Waals surface area contributed by atoms with Crippen LogP contribution in [-0.4, -0.2) is 6.36 Å². The van der Waals surface area contributed by atoms with Crippen LogP contribution in [-0.2, 0) is 0 Å². The van der Waals surface area contributed by atoms with Gasteiger partial charge in [-0.25, -0.2) is 6.57 Å². The van der Waals surface area contributed by atoms with Crippen LogP contribution in [0.2, 0.25) is 0 Å². The molecule has 15 heavy (non-hydrogen) atoms. The van der Waals surface area contributed by atoms with Crippen molar-refractivity contribution in [2.24, 2.45) is 0 Å². The van der Waals surface area contributed by atoms with Gasteiger partial charge in [-0.1, -0.05) is 12.1 Å². The second-order valence-corrected chi connectivity index (χ2v) is 2.89. The zero-order valence-corrected chi connectivity index (χ0v) is 7.88. The maximum atomic E-state index is 12.0. The monoisotopic (exact) mass is 215 g/mol. The number of alkyl halides is 3. The molecule has 0 radical (unpaired) electrons.